The second kappa shape index (κ2) is 8.94. The average molecular weight is 212 g/mol. The highest BCUT2D eigenvalue weighted by atomic mass is 16.1. The number of Topliss-reactive ketones (excluding diaryl/α,β-unsaturated/α-hetero) is 1. The SMILES string of the molecule is CCCCCC(CC(=O)CC)CC(C)C. The van der Waals surface area contributed by atoms with E-state index >= 15 is 0 Å². The molecule has 0 N–H and O–H groups in total. The van der Waals surface area contributed by atoms with Gasteiger partial charge >= 0.3 is 0 Å². The van der Waals surface area contributed by atoms with Gasteiger partial charge in [0, 0.05) is 12.8 Å². The van der Waals surface area contributed by atoms with Crippen LogP contribution in [0.15, 0.2) is 0 Å². The van der Waals surface area contributed by atoms with Crippen molar-refractivity contribution in [3.63, 3.8) is 0 Å². The van der Waals surface area contributed by atoms with Crippen LogP contribution in [0.3, 0.4) is 0 Å². The summed E-state index contributed by atoms with van der Waals surface area (Å²) in [6, 6.07) is 0. The van der Waals surface area contributed by atoms with Gasteiger partial charge in [-0.05, 0) is 18.3 Å². The molecule has 0 aromatic rings. The van der Waals surface area contributed by atoms with Gasteiger partial charge in [0.1, 0.15) is 5.78 Å². The van der Waals surface area contributed by atoms with Gasteiger partial charge in [-0.15, -0.1) is 0 Å². The minimum atomic E-state index is 0.442. The minimum absolute atomic E-state index is 0.442. The second-order valence-corrected chi connectivity index (χ2v) is 5.09. The molecule has 90 valence electrons. The van der Waals surface area contributed by atoms with Crippen molar-refractivity contribution in [2.45, 2.75) is 72.6 Å². The first-order valence-electron chi connectivity index (χ1n) is 6.61. The number of rotatable bonds is 9. The molecule has 0 saturated carbocycles. The molecule has 0 rings (SSSR count). The lowest BCUT2D eigenvalue weighted by atomic mass is 9.87. The average Bonchev–Trinajstić information content (AvgIpc) is 2.17. The summed E-state index contributed by atoms with van der Waals surface area (Å²) in [6.45, 7) is 8.71. The predicted molar refractivity (Wildman–Crippen MR) is 67.0 cm³/mol. The second-order valence-electron chi connectivity index (χ2n) is 5.09. The van der Waals surface area contributed by atoms with Gasteiger partial charge in [-0.2, -0.15) is 0 Å². The predicted octanol–water partition coefficient (Wildman–Crippen LogP) is 4.60. The van der Waals surface area contributed by atoms with Crippen LogP contribution in [0.2, 0.25) is 0 Å². The van der Waals surface area contributed by atoms with E-state index in [0.717, 1.165) is 12.3 Å². The molecule has 0 amide bonds. The van der Waals surface area contributed by atoms with Crippen molar-refractivity contribution in [1.29, 1.82) is 0 Å². The lowest BCUT2D eigenvalue weighted by Gasteiger charge is -2.17. The molecular formula is C14H28O. The Kier molecular flexibility index (Phi) is 8.74. The summed E-state index contributed by atoms with van der Waals surface area (Å²) in [7, 11) is 0. The molecule has 0 saturated heterocycles. The van der Waals surface area contributed by atoms with Gasteiger partial charge in [0.2, 0.25) is 0 Å². The van der Waals surface area contributed by atoms with Gasteiger partial charge in [-0.3, -0.25) is 4.79 Å². The molecule has 1 heteroatoms. The number of hydrogen-bond donors (Lipinski definition) is 0. The Bertz CT molecular complexity index is 161. The van der Waals surface area contributed by atoms with Crippen LogP contribution >= 0.6 is 0 Å². The van der Waals surface area contributed by atoms with Crippen LogP contribution in [0, 0.1) is 11.8 Å². The molecular weight excluding hydrogens is 184 g/mol. The molecule has 0 fully saturated rings. The van der Waals surface area contributed by atoms with Crippen LogP contribution < -0.4 is 0 Å². The fourth-order valence-electron chi connectivity index (χ4n) is 2.12. The normalized spacial score (nSPS) is 13.1. The molecule has 0 bridgehead atoms. The van der Waals surface area contributed by atoms with Crippen LogP contribution in [0.1, 0.15) is 72.6 Å². The number of ketones is 1. The molecule has 0 aromatic carbocycles. The van der Waals surface area contributed by atoms with Gasteiger partial charge in [-0.25, -0.2) is 0 Å². The highest BCUT2D eigenvalue weighted by Crippen LogP contribution is 2.22. The molecule has 0 heterocycles. The van der Waals surface area contributed by atoms with Crippen molar-refractivity contribution in [3.8, 4) is 0 Å². The minimum Gasteiger partial charge on any atom is -0.300 e. The van der Waals surface area contributed by atoms with E-state index in [1.165, 1.54) is 32.1 Å². The maximum atomic E-state index is 11.4. The van der Waals surface area contributed by atoms with Crippen LogP contribution in [0.4, 0.5) is 0 Å². The van der Waals surface area contributed by atoms with Gasteiger partial charge in [0.25, 0.3) is 0 Å². The van der Waals surface area contributed by atoms with Gasteiger partial charge < -0.3 is 0 Å². The van der Waals surface area contributed by atoms with Crippen molar-refractivity contribution in [2.75, 3.05) is 0 Å². The summed E-state index contributed by atoms with van der Waals surface area (Å²) in [4.78, 5) is 11.4. The first kappa shape index (κ1) is 14.7. The summed E-state index contributed by atoms with van der Waals surface area (Å²) in [5, 5.41) is 0. The Labute approximate surface area is 95.6 Å². The van der Waals surface area contributed by atoms with Crippen molar-refractivity contribution < 1.29 is 4.79 Å². The third-order valence-corrected chi connectivity index (χ3v) is 2.93. The quantitative estimate of drug-likeness (QED) is 0.511. The van der Waals surface area contributed by atoms with E-state index in [-0.39, 0.29) is 0 Å². The van der Waals surface area contributed by atoms with Crippen LogP contribution in [-0.4, -0.2) is 5.78 Å². The molecule has 15 heavy (non-hydrogen) atoms. The Balaban J connectivity index is 3.89. The van der Waals surface area contributed by atoms with E-state index in [9.17, 15) is 4.79 Å². The van der Waals surface area contributed by atoms with Crippen molar-refractivity contribution >= 4 is 5.78 Å². The lowest BCUT2D eigenvalue weighted by Crippen LogP contribution is -2.10. The van der Waals surface area contributed by atoms with Crippen LogP contribution in [0.5, 0.6) is 0 Å². The zero-order valence-corrected chi connectivity index (χ0v) is 11.0. The third kappa shape index (κ3) is 8.65. The fourth-order valence-corrected chi connectivity index (χ4v) is 2.12. The zero-order valence-electron chi connectivity index (χ0n) is 11.0. The summed E-state index contributed by atoms with van der Waals surface area (Å²) in [6.07, 6.45) is 7.88. The molecule has 1 unspecified atom stereocenters. The highest BCUT2D eigenvalue weighted by molar-refractivity contribution is 5.78. The molecule has 1 atom stereocenters. The molecule has 0 spiro atoms. The first-order valence-corrected chi connectivity index (χ1v) is 6.61. The standard InChI is InChI=1S/C14H28O/c1-5-7-8-9-13(10-12(3)4)11-14(15)6-2/h12-13H,5-11H2,1-4H3. The number of carbonyl (C=O) groups excluding carboxylic acids is 1. The monoisotopic (exact) mass is 212 g/mol. The van der Waals surface area contributed by atoms with Gasteiger partial charge in [0.05, 0.1) is 0 Å². The first-order chi connectivity index (χ1) is 7.10. The number of unbranched alkanes of at least 4 members (excludes halogenated alkanes) is 2. The zero-order chi connectivity index (χ0) is 11.7. The smallest absolute Gasteiger partial charge is 0.132 e. The Morgan fingerprint density at radius 1 is 1.13 bits per heavy atom. The van der Waals surface area contributed by atoms with E-state index in [1.54, 1.807) is 0 Å². The Morgan fingerprint density at radius 2 is 1.80 bits per heavy atom. The molecule has 0 aromatic heterocycles. The molecule has 0 aliphatic heterocycles. The van der Waals surface area contributed by atoms with Crippen molar-refractivity contribution in [1.82, 2.24) is 0 Å². The van der Waals surface area contributed by atoms with Crippen molar-refractivity contribution in [3.05, 3.63) is 0 Å². The fraction of sp³-hybridized carbons (Fsp3) is 0.929. The van der Waals surface area contributed by atoms with Crippen LogP contribution in [0.25, 0.3) is 0 Å². The maximum Gasteiger partial charge on any atom is 0.132 e. The molecule has 0 radical (unpaired) electrons. The van der Waals surface area contributed by atoms with E-state index in [1.807, 2.05) is 6.92 Å². The van der Waals surface area contributed by atoms with Crippen LogP contribution in [-0.2, 0) is 4.79 Å². The maximum absolute atomic E-state index is 11.4. The molecule has 0 aliphatic carbocycles. The van der Waals surface area contributed by atoms with Gasteiger partial charge in [-0.1, -0.05) is 53.4 Å². The summed E-state index contributed by atoms with van der Waals surface area (Å²) < 4.78 is 0. The Morgan fingerprint density at radius 3 is 2.27 bits per heavy atom. The van der Waals surface area contributed by atoms with E-state index in [2.05, 4.69) is 20.8 Å². The van der Waals surface area contributed by atoms with Gasteiger partial charge in [0.15, 0.2) is 0 Å². The largest absolute Gasteiger partial charge is 0.300 e. The third-order valence-electron chi connectivity index (χ3n) is 2.93. The van der Waals surface area contributed by atoms with E-state index < -0.39 is 0 Å². The Hall–Kier alpha value is -0.330. The van der Waals surface area contributed by atoms with E-state index in [0.29, 0.717) is 18.1 Å². The highest BCUT2D eigenvalue weighted by Gasteiger charge is 2.13. The summed E-state index contributed by atoms with van der Waals surface area (Å²) in [5.41, 5.74) is 0. The number of hydrogen-bond acceptors (Lipinski definition) is 1. The van der Waals surface area contributed by atoms with Crippen molar-refractivity contribution in [2.24, 2.45) is 11.8 Å². The molecule has 0 aliphatic rings. The lowest BCUT2D eigenvalue weighted by molar-refractivity contribution is -0.119. The molecule has 1 nitrogen and oxygen atoms in total. The summed E-state index contributed by atoms with van der Waals surface area (Å²) >= 11 is 0. The topological polar surface area (TPSA) is 17.1 Å². The van der Waals surface area contributed by atoms with E-state index in [4.69, 9.17) is 0 Å². The summed E-state index contributed by atoms with van der Waals surface area (Å²) in [5.74, 6) is 1.81. The number of carbonyl (C=O) groups is 1.